The summed E-state index contributed by atoms with van der Waals surface area (Å²) in [5.41, 5.74) is 4.33. The van der Waals surface area contributed by atoms with Gasteiger partial charge in [0.2, 0.25) is 5.91 Å². The number of fused-ring (bicyclic) bond motifs is 1. The van der Waals surface area contributed by atoms with Crippen molar-refractivity contribution in [2.24, 2.45) is 5.92 Å². The molecule has 0 saturated heterocycles. The second-order valence-corrected chi connectivity index (χ2v) is 8.54. The molecule has 0 saturated carbocycles. The number of aryl methyl sites for hydroxylation is 2. The highest BCUT2D eigenvalue weighted by atomic mass is 32.1. The van der Waals surface area contributed by atoms with E-state index in [1.807, 2.05) is 13.8 Å². The second kappa shape index (κ2) is 8.34. The van der Waals surface area contributed by atoms with Crippen LogP contribution in [0.2, 0.25) is 0 Å². The predicted octanol–water partition coefficient (Wildman–Crippen LogP) is 3.15. The van der Waals surface area contributed by atoms with Crippen LogP contribution in [0.5, 0.6) is 0 Å². The van der Waals surface area contributed by atoms with Crippen LogP contribution in [0.4, 0.5) is 5.82 Å². The van der Waals surface area contributed by atoms with Crippen molar-refractivity contribution in [2.45, 2.75) is 53.5 Å². The number of carbonyl (C=O) groups excluding carboxylic acids is 2. The fraction of sp³-hybridized carbons (Fsp3) is 0.550. The van der Waals surface area contributed by atoms with E-state index in [1.165, 1.54) is 11.3 Å². The third kappa shape index (κ3) is 4.22. The van der Waals surface area contributed by atoms with Crippen LogP contribution in [-0.2, 0) is 17.8 Å². The maximum atomic E-state index is 12.7. The van der Waals surface area contributed by atoms with Crippen LogP contribution < -0.4 is 4.90 Å². The molecule has 0 radical (unpaired) electrons. The van der Waals surface area contributed by atoms with Gasteiger partial charge in [0.1, 0.15) is 16.5 Å². The number of aromatic nitrogens is 3. The van der Waals surface area contributed by atoms with E-state index in [0.717, 1.165) is 23.4 Å². The Balaban J connectivity index is 1.85. The number of hydrogen-bond acceptors (Lipinski definition) is 6. The molecule has 0 atom stereocenters. The van der Waals surface area contributed by atoms with Crippen LogP contribution in [0.25, 0.3) is 0 Å². The summed E-state index contributed by atoms with van der Waals surface area (Å²) >= 11 is 1.34. The number of amides is 2. The predicted molar refractivity (Wildman–Crippen MR) is 110 cm³/mol. The average Bonchev–Trinajstić information content (AvgIpc) is 3.05. The van der Waals surface area contributed by atoms with Gasteiger partial charge < -0.3 is 4.90 Å². The van der Waals surface area contributed by atoms with Crippen molar-refractivity contribution in [1.82, 2.24) is 19.9 Å². The average molecular weight is 402 g/mol. The molecule has 28 heavy (non-hydrogen) atoms. The summed E-state index contributed by atoms with van der Waals surface area (Å²) in [6, 6.07) is 0. The van der Waals surface area contributed by atoms with Crippen LogP contribution in [0.15, 0.2) is 5.51 Å². The maximum absolute atomic E-state index is 12.7. The Kier molecular flexibility index (Phi) is 6.07. The zero-order valence-electron chi connectivity index (χ0n) is 17.2. The van der Waals surface area contributed by atoms with E-state index in [0.29, 0.717) is 41.8 Å². The number of carbonyl (C=O) groups is 2. The number of rotatable bonds is 6. The van der Waals surface area contributed by atoms with Crippen LogP contribution in [-0.4, -0.2) is 45.3 Å². The zero-order chi connectivity index (χ0) is 20.4. The lowest BCUT2D eigenvalue weighted by atomic mass is 10.0. The quantitative estimate of drug-likeness (QED) is 0.743. The molecule has 150 valence electrons. The SMILES string of the molecule is Cc1ncsc1C(=O)N(C)Cc1nc(C)c2c(n1)N(CCC(C)C)C(=O)CC2. The van der Waals surface area contributed by atoms with Gasteiger partial charge in [-0.3, -0.25) is 14.5 Å². The van der Waals surface area contributed by atoms with Gasteiger partial charge in [0.15, 0.2) is 0 Å². The van der Waals surface area contributed by atoms with Gasteiger partial charge in [-0.05, 0) is 32.6 Å². The van der Waals surface area contributed by atoms with E-state index in [9.17, 15) is 9.59 Å². The summed E-state index contributed by atoms with van der Waals surface area (Å²) in [5, 5.41) is 0. The van der Waals surface area contributed by atoms with Gasteiger partial charge in [-0.1, -0.05) is 13.8 Å². The van der Waals surface area contributed by atoms with Gasteiger partial charge in [-0.15, -0.1) is 11.3 Å². The molecule has 3 heterocycles. The summed E-state index contributed by atoms with van der Waals surface area (Å²) in [6.07, 6.45) is 2.09. The highest BCUT2D eigenvalue weighted by molar-refractivity contribution is 7.11. The highest BCUT2D eigenvalue weighted by Crippen LogP contribution is 2.29. The first-order chi connectivity index (χ1) is 13.3. The van der Waals surface area contributed by atoms with E-state index < -0.39 is 0 Å². The monoisotopic (exact) mass is 401 g/mol. The van der Waals surface area contributed by atoms with E-state index in [2.05, 4.69) is 23.8 Å². The number of hydrogen-bond donors (Lipinski definition) is 0. The van der Waals surface area contributed by atoms with Crippen LogP contribution >= 0.6 is 11.3 Å². The van der Waals surface area contributed by atoms with Gasteiger partial charge in [0.05, 0.1) is 17.7 Å². The molecule has 7 nitrogen and oxygen atoms in total. The molecule has 0 unspecified atom stereocenters. The molecule has 0 fully saturated rings. The topological polar surface area (TPSA) is 79.3 Å². The largest absolute Gasteiger partial charge is 0.333 e. The number of thiazole rings is 1. The maximum Gasteiger partial charge on any atom is 0.265 e. The smallest absolute Gasteiger partial charge is 0.265 e. The lowest BCUT2D eigenvalue weighted by Gasteiger charge is -2.30. The fourth-order valence-corrected chi connectivity index (χ4v) is 4.09. The molecule has 2 aromatic heterocycles. The first-order valence-corrected chi connectivity index (χ1v) is 10.5. The summed E-state index contributed by atoms with van der Waals surface area (Å²) < 4.78 is 0. The molecule has 0 aromatic carbocycles. The summed E-state index contributed by atoms with van der Waals surface area (Å²) in [5.74, 6) is 1.80. The molecule has 2 aromatic rings. The van der Waals surface area contributed by atoms with Crippen molar-refractivity contribution in [1.29, 1.82) is 0 Å². The van der Waals surface area contributed by atoms with Crippen LogP contribution in [0.3, 0.4) is 0 Å². The number of nitrogens with zero attached hydrogens (tertiary/aromatic N) is 5. The first kappa shape index (κ1) is 20.4. The molecule has 1 aliphatic rings. The molecule has 0 aliphatic carbocycles. The van der Waals surface area contributed by atoms with Crippen molar-refractivity contribution in [3.8, 4) is 0 Å². The molecule has 0 spiro atoms. The Hall–Kier alpha value is -2.35. The Labute approximate surface area is 169 Å². The van der Waals surface area contributed by atoms with Crippen molar-refractivity contribution in [3.63, 3.8) is 0 Å². The number of anilines is 1. The summed E-state index contributed by atoms with van der Waals surface area (Å²) in [4.78, 5) is 42.7. The summed E-state index contributed by atoms with van der Waals surface area (Å²) in [7, 11) is 1.74. The lowest BCUT2D eigenvalue weighted by molar-refractivity contribution is -0.119. The molecular formula is C20H27N5O2S. The standard InChI is InChI=1S/C20H27N5O2S/c1-12(2)8-9-25-17(26)7-6-15-13(3)22-16(23-19(15)25)10-24(5)20(27)18-14(4)21-11-28-18/h11-12H,6-10H2,1-5H3. The minimum absolute atomic E-state index is 0.0910. The van der Waals surface area contributed by atoms with E-state index >= 15 is 0 Å². The van der Waals surface area contributed by atoms with Crippen molar-refractivity contribution in [2.75, 3.05) is 18.5 Å². The molecule has 0 bridgehead atoms. The van der Waals surface area contributed by atoms with Crippen LogP contribution in [0.1, 0.15) is 59.1 Å². The first-order valence-electron chi connectivity index (χ1n) is 9.60. The van der Waals surface area contributed by atoms with Crippen LogP contribution in [0, 0.1) is 19.8 Å². The lowest BCUT2D eigenvalue weighted by Crippen LogP contribution is -2.38. The van der Waals surface area contributed by atoms with Crippen molar-refractivity contribution in [3.05, 3.63) is 33.2 Å². The molecule has 8 heteroatoms. The van der Waals surface area contributed by atoms with Gasteiger partial charge in [0.25, 0.3) is 5.91 Å². The van der Waals surface area contributed by atoms with Crippen molar-refractivity contribution < 1.29 is 9.59 Å². The highest BCUT2D eigenvalue weighted by Gasteiger charge is 2.28. The minimum atomic E-state index is -0.0910. The molecule has 2 amide bonds. The normalized spacial score (nSPS) is 13.8. The Morgan fingerprint density at radius 2 is 2.00 bits per heavy atom. The Morgan fingerprint density at radius 3 is 2.64 bits per heavy atom. The van der Waals surface area contributed by atoms with Gasteiger partial charge in [-0.2, -0.15) is 0 Å². The zero-order valence-corrected chi connectivity index (χ0v) is 18.0. The second-order valence-electron chi connectivity index (χ2n) is 7.68. The van der Waals surface area contributed by atoms with Crippen molar-refractivity contribution >= 4 is 29.0 Å². The summed E-state index contributed by atoms with van der Waals surface area (Å²) in [6.45, 7) is 9.03. The Bertz CT molecular complexity index is 893. The van der Waals surface area contributed by atoms with Gasteiger partial charge in [0, 0.05) is 31.3 Å². The fourth-order valence-electron chi connectivity index (χ4n) is 3.29. The Morgan fingerprint density at radius 1 is 1.25 bits per heavy atom. The third-order valence-corrected chi connectivity index (χ3v) is 5.90. The molecular weight excluding hydrogens is 374 g/mol. The van der Waals surface area contributed by atoms with Gasteiger partial charge >= 0.3 is 0 Å². The van der Waals surface area contributed by atoms with E-state index in [4.69, 9.17) is 4.98 Å². The van der Waals surface area contributed by atoms with E-state index in [1.54, 1.807) is 22.4 Å². The van der Waals surface area contributed by atoms with Gasteiger partial charge in [-0.25, -0.2) is 15.0 Å². The molecule has 0 N–H and O–H groups in total. The minimum Gasteiger partial charge on any atom is -0.333 e. The van der Waals surface area contributed by atoms with E-state index in [-0.39, 0.29) is 18.4 Å². The molecule has 3 rings (SSSR count). The third-order valence-electron chi connectivity index (χ3n) is 4.98. The molecule has 1 aliphatic heterocycles.